The number of rotatable bonds is 3. The van der Waals surface area contributed by atoms with Crippen LogP contribution >= 0.6 is 0 Å². The van der Waals surface area contributed by atoms with Gasteiger partial charge in [0.1, 0.15) is 12.2 Å². The fraction of sp³-hybridized carbons (Fsp3) is 0.800. The molecule has 0 aromatic heterocycles. The smallest absolute Gasteiger partial charge is 0.303 e. The summed E-state index contributed by atoms with van der Waals surface area (Å²) in [6.45, 7) is 2.21. The molecule has 0 bridgehead atoms. The third kappa shape index (κ3) is 3.65. The van der Waals surface area contributed by atoms with Crippen LogP contribution in [-0.4, -0.2) is 59.7 Å². The van der Waals surface area contributed by atoms with Crippen LogP contribution in [0.5, 0.6) is 0 Å². The predicted octanol–water partition coefficient (Wildman–Crippen LogP) is -1.83. The predicted molar refractivity (Wildman–Crippen MR) is 56.0 cm³/mol. The standard InChI is InChI=1S/C10H17NO6/c1-5(13)11-7-4-16-8(3-12)9(15)10(7)17-6(2)14/h7-10,12,15H,3-4H2,1-2H3,(H,11,13). The summed E-state index contributed by atoms with van der Waals surface area (Å²) < 4.78 is 10.1. The second kappa shape index (κ2) is 5.95. The van der Waals surface area contributed by atoms with E-state index in [0.29, 0.717) is 0 Å². The van der Waals surface area contributed by atoms with Crippen LogP contribution in [0, 0.1) is 0 Å². The molecule has 17 heavy (non-hydrogen) atoms. The molecular formula is C10H17NO6. The number of aliphatic hydroxyl groups excluding tert-OH is 2. The number of carbonyl (C=O) groups is 2. The van der Waals surface area contributed by atoms with E-state index in [0.717, 1.165) is 0 Å². The van der Waals surface area contributed by atoms with Crippen molar-refractivity contribution >= 4 is 11.9 Å². The number of aliphatic hydroxyl groups is 2. The van der Waals surface area contributed by atoms with Crippen LogP contribution in [0.1, 0.15) is 13.8 Å². The minimum Gasteiger partial charge on any atom is -0.457 e. The molecule has 0 aromatic rings. The molecule has 1 aliphatic heterocycles. The Hall–Kier alpha value is -1.18. The highest BCUT2D eigenvalue weighted by Gasteiger charge is 2.41. The van der Waals surface area contributed by atoms with Crippen LogP contribution in [0.15, 0.2) is 0 Å². The van der Waals surface area contributed by atoms with Crippen LogP contribution in [-0.2, 0) is 19.1 Å². The van der Waals surface area contributed by atoms with Crippen LogP contribution < -0.4 is 5.32 Å². The number of esters is 1. The van der Waals surface area contributed by atoms with Gasteiger partial charge in [0.05, 0.1) is 19.3 Å². The summed E-state index contributed by atoms with van der Waals surface area (Å²) in [5, 5.41) is 21.3. The topological polar surface area (TPSA) is 105 Å². The van der Waals surface area contributed by atoms with E-state index in [-0.39, 0.29) is 19.1 Å². The molecule has 0 radical (unpaired) electrons. The van der Waals surface area contributed by atoms with Crippen molar-refractivity contribution in [1.29, 1.82) is 0 Å². The number of carbonyl (C=O) groups excluding carboxylic acids is 2. The maximum Gasteiger partial charge on any atom is 0.303 e. The van der Waals surface area contributed by atoms with Gasteiger partial charge in [0, 0.05) is 13.8 Å². The molecule has 1 amide bonds. The summed E-state index contributed by atoms with van der Waals surface area (Å²) in [4.78, 5) is 21.9. The zero-order valence-electron chi connectivity index (χ0n) is 9.75. The second-order valence-corrected chi connectivity index (χ2v) is 3.93. The number of hydrogen-bond donors (Lipinski definition) is 3. The molecule has 1 aliphatic rings. The summed E-state index contributed by atoms with van der Waals surface area (Å²) in [6, 6.07) is -0.616. The van der Waals surface area contributed by atoms with Gasteiger partial charge in [-0.15, -0.1) is 0 Å². The first-order valence-electron chi connectivity index (χ1n) is 5.30. The molecule has 1 saturated heterocycles. The van der Waals surface area contributed by atoms with E-state index < -0.39 is 30.3 Å². The van der Waals surface area contributed by atoms with Gasteiger partial charge in [-0.25, -0.2) is 0 Å². The molecule has 3 N–H and O–H groups in total. The van der Waals surface area contributed by atoms with Crippen LogP contribution in [0.4, 0.5) is 0 Å². The van der Waals surface area contributed by atoms with Gasteiger partial charge < -0.3 is 25.0 Å². The molecule has 4 atom stereocenters. The van der Waals surface area contributed by atoms with Crippen molar-refractivity contribution in [2.24, 2.45) is 0 Å². The summed E-state index contributed by atoms with van der Waals surface area (Å²) >= 11 is 0. The van der Waals surface area contributed by atoms with Gasteiger partial charge in [-0.3, -0.25) is 9.59 Å². The summed E-state index contributed by atoms with van der Waals surface area (Å²) in [7, 11) is 0. The average molecular weight is 247 g/mol. The van der Waals surface area contributed by atoms with Crippen LogP contribution in [0.2, 0.25) is 0 Å². The van der Waals surface area contributed by atoms with Gasteiger partial charge in [-0.1, -0.05) is 0 Å². The van der Waals surface area contributed by atoms with Crippen molar-refractivity contribution < 1.29 is 29.3 Å². The third-order valence-corrected chi connectivity index (χ3v) is 2.47. The Morgan fingerprint density at radius 3 is 2.59 bits per heavy atom. The largest absolute Gasteiger partial charge is 0.457 e. The lowest BCUT2D eigenvalue weighted by atomic mass is 9.98. The van der Waals surface area contributed by atoms with Gasteiger partial charge >= 0.3 is 5.97 Å². The van der Waals surface area contributed by atoms with E-state index >= 15 is 0 Å². The summed E-state index contributed by atoms with van der Waals surface area (Å²) in [5.74, 6) is -0.881. The molecule has 1 fully saturated rings. The van der Waals surface area contributed by atoms with Crippen molar-refractivity contribution in [1.82, 2.24) is 5.32 Å². The number of nitrogens with one attached hydrogen (secondary N) is 1. The van der Waals surface area contributed by atoms with E-state index in [4.69, 9.17) is 14.6 Å². The Bertz CT molecular complexity index is 295. The van der Waals surface area contributed by atoms with Crippen molar-refractivity contribution in [3.8, 4) is 0 Å². The Morgan fingerprint density at radius 2 is 2.12 bits per heavy atom. The maximum atomic E-state index is 11.0. The maximum absolute atomic E-state index is 11.0. The molecule has 4 unspecified atom stereocenters. The van der Waals surface area contributed by atoms with Gasteiger partial charge in [0.25, 0.3) is 0 Å². The Labute approximate surface area is 98.7 Å². The fourth-order valence-electron chi connectivity index (χ4n) is 1.76. The lowest BCUT2D eigenvalue weighted by Gasteiger charge is -2.38. The zero-order valence-corrected chi connectivity index (χ0v) is 9.75. The number of amides is 1. The number of ether oxygens (including phenoxy) is 2. The van der Waals surface area contributed by atoms with Gasteiger partial charge in [-0.05, 0) is 0 Å². The van der Waals surface area contributed by atoms with Crippen LogP contribution in [0.3, 0.4) is 0 Å². The third-order valence-electron chi connectivity index (χ3n) is 2.47. The fourth-order valence-corrected chi connectivity index (χ4v) is 1.76. The molecule has 1 heterocycles. The number of hydrogen-bond acceptors (Lipinski definition) is 6. The van der Waals surface area contributed by atoms with E-state index in [1.54, 1.807) is 0 Å². The quantitative estimate of drug-likeness (QED) is 0.507. The average Bonchev–Trinajstić information content (AvgIpc) is 2.22. The van der Waals surface area contributed by atoms with Crippen molar-refractivity contribution in [2.45, 2.75) is 38.2 Å². The Kier molecular flexibility index (Phi) is 4.86. The SMILES string of the molecule is CC(=O)NC1COC(CO)C(O)C1OC(C)=O. The Balaban J connectivity index is 2.75. The minimum absolute atomic E-state index is 0.0693. The molecular weight excluding hydrogens is 230 g/mol. The van der Waals surface area contributed by atoms with Gasteiger partial charge in [-0.2, -0.15) is 0 Å². The molecule has 0 saturated carbocycles. The van der Waals surface area contributed by atoms with Gasteiger partial charge in [0.2, 0.25) is 5.91 Å². The first kappa shape index (κ1) is 13.9. The molecule has 7 heteroatoms. The monoisotopic (exact) mass is 247 g/mol. The lowest BCUT2D eigenvalue weighted by molar-refractivity contribution is -0.189. The second-order valence-electron chi connectivity index (χ2n) is 3.93. The van der Waals surface area contributed by atoms with E-state index in [1.807, 2.05) is 0 Å². The first-order valence-corrected chi connectivity index (χ1v) is 5.30. The molecule has 7 nitrogen and oxygen atoms in total. The van der Waals surface area contributed by atoms with Crippen molar-refractivity contribution in [3.05, 3.63) is 0 Å². The van der Waals surface area contributed by atoms with E-state index in [1.165, 1.54) is 13.8 Å². The highest BCUT2D eigenvalue weighted by molar-refractivity contribution is 5.73. The van der Waals surface area contributed by atoms with E-state index in [9.17, 15) is 14.7 Å². The van der Waals surface area contributed by atoms with Gasteiger partial charge in [0.15, 0.2) is 6.10 Å². The van der Waals surface area contributed by atoms with Crippen molar-refractivity contribution in [3.63, 3.8) is 0 Å². The molecule has 0 aliphatic carbocycles. The summed E-state index contributed by atoms with van der Waals surface area (Å²) in [6.07, 6.45) is -2.90. The Morgan fingerprint density at radius 1 is 1.47 bits per heavy atom. The molecule has 1 rings (SSSR count). The highest BCUT2D eigenvalue weighted by Crippen LogP contribution is 2.18. The highest BCUT2D eigenvalue weighted by atomic mass is 16.6. The molecule has 0 spiro atoms. The minimum atomic E-state index is -1.17. The molecule has 98 valence electrons. The first-order chi connectivity index (χ1) is 7.95. The summed E-state index contributed by atoms with van der Waals surface area (Å²) in [5.41, 5.74) is 0. The normalized spacial score (nSPS) is 32.9. The zero-order chi connectivity index (χ0) is 13.0. The van der Waals surface area contributed by atoms with Crippen molar-refractivity contribution in [2.75, 3.05) is 13.2 Å². The molecule has 0 aromatic carbocycles. The lowest BCUT2D eigenvalue weighted by Crippen LogP contribution is -2.61. The van der Waals surface area contributed by atoms with E-state index in [2.05, 4.69) is 5.32 Å². The van der Waals surface area contributed by atoms with Crippen LogP contribution in [0.25, 0.3) is 0 Å².